The Labute approximate surface area is 131 Å². The van der Waals surface area contributed by atoms with E-state index in [0.717, 1.165) is 11.8 Å². The van der Waals surface area contributed by atoms with Crippen LogP contribution in [0.3, 0.4) is 0 Å². The molecule has 6 nitrogen and oxygen atoms in total. The summed E-state index contributed by atoms with van der Waals surface area (Å²) in [6, 6.07) is -0.692. The molecule has 0 aromatic heterocycles. The molecule has 8 heteroatoms. The molecule has 0 heterocycles. The number of carbonyl (C=O) groups excluding carboxylic acids is 2. The zero-order valence-corrected chi connectivity index (χ0v) is 15.3. The highest BCUT2D eigenvalue weighted by Crippen LogP contribution is 2.24. The molecule has 0 saturated heterocycles. The van der Waals surface area contributed by atoms with Crippen LogP contribution in [0.4, 0.5) is 0 Å². The van der Waals surface area contributed by atoms with E-state index in [4.69, 9.17) is 9.26 Å². The van der Waals surface area contributed by atoms with Crippen molar-refractivity contribution in [1.29, 1.82) is 0 Å². The molecule has 0 radical (unpaired) electrons. The number of hydrogen-bond donors (Lipinski definition) is 1. The van der Waals surface area contributed by atoms with Crippen molar-refractivity contribution >= 4 is 31.0 Å². The van der Waals surface area contributed by atoms with Gasteiger partial charge in [-0.1, -0.05) is 32.5 Å². The average molecular weight is 339 g/mol. The predicted molar refractivity (Wildman–Crippen MR) is 85.7 cm³/mol. The maximum atomic E-state index is 11.6. The highest BCUT2D eigenvalue weighted by molar-refractivity contribution is 8.13. The summed E-state index contributed by atoms with van der Waals surface area (Å²) in [5, 5.41) is 2.62. The number of hydrogen-bond acceptors (Lipinski definition) is 6. The second-order valence-corrected chi connectivity index (χ2v) is 8.09. The first-order valence-corrected chi connectivity index (χ1v) is 9.15. The number of rotatable bonds is 8. The third-order valence-corrected chi connectivity index (χ3v) is 4.58. The second-order valence-electron chi connectivity index (χ2n) is 5.87. The van der Waals surface area contributed by atoms with Crippen LogP contribution in [0.2, 0.25) is 0 Å². The summed E-state index contributed by atoms with van der Waals surface area (Å²) >= 11 is 1.15. The molecule has 0 rings (SSSR count). The molecular weight excluding hydrogens is 313 g/mol. The normalized spacial score (nSPS) is 14.8. The van der Waals surface area contributed by atoms with Gasteiger partial charge < -0.3 is 9.26 Å². The van der Waals surface area contributed by atoms with E-state index in [9.17, 15) is 14.2 Å². The lowest BCUT2D eigenvalue weighted by molar-refractivity contribution is -0.149. The van der Waals surface area contributed by atoms with Gasteiger partial charge in [-0.2, -0.15) is 0 Å². The average Bonchev–Trinajstić information content (AvgIpc) is 2.32. The molecule has 0 fully saturated rings. The minimum Gasteiger partial charge on any atom is -0.462 e. The van der Waals surface area contributed by atoms with E-state index in [2.05, 4.69) is 5.09 Å². The van der Waals surface area contributed by atoms with Gasteiger partial charge in [0.1, 0.15) is 6.04 Å². The summed E-state index contributed by atoms with van der Waals surface area (Å²) in [7, 11) is -2.53. The minimum absolute atomic E-state index is 0.0626. The Morgan fingerprint density at radius 3 is 2.29 bits per heavy atom. The standard InChI is InChI=1S/C13H26NO5PS/c1-9(2)19-11(15)10(3)14-20(17)18-7-8-21-12(16)13(4,5)6/h9-10,20H,7-8H2,1-6H3,(H,14,17)/t10-/m0/s1. The Hall–Kier alpha value is -0.360. The SMILES string of the molecule is CC(C)OC(=O)[C@H](C)N[PH](=O)OCCSC(=O)C(C)(C)C. The van der Waals surface area contributed by atoms with Crippen molar-refractivity contribution in [1.82, 2.24) is 5.09 Å². The van der Waals surface area contributed by atoms with E-state index in [0.29, 0.717) is 5.75 Å². The maximum Gasteiger partial charge on any atom is 0.323 e. The molecule has 0 aliphatic heterocycles. The minimum atomic E-state index is -2.53. The number of esters is 1. The van der Waals surface area contributed by atoms with E-state index < -0.39 is 25.6 Å². The first kappa shape index (κ1) is 20.6. The summed E-state index contributed by atoms with van der Waals surface area (Å²) in [6.07, 6.45) is -0.218. The van der Waals surface area contributed by atoms with Crippen LogP contribution >= 0.6 is 19.9 Å². The molecule has 2 atom stereocenters. The largest absolute Gasteiger partial charge is 0.462 e. The summed E-state index contributed by atoms with van der Waals surface area (Å²) in [4.78, 5) is 23.1. The topological polar surface area (TPSA) is 81.7 Å². The first-order chi connectivity index (χ1) is 9.54. The van der Waals surface area contributed by atoms with Crippen molar-refractivity contribution in [2.45, 2.75) is 53.7 Å². The van der Waals surface area contributed by atoms with Crippen molar-refractivity contribution in [3.8, 4) is 0 Å². The fraction of sp³-hybridized carbons (Fsp3) is 0.846. The third kappa shape index (κ3) is 10.1. The Balaban J connectivity index is 3.91. The first-order valence-electron chi connectivity index (χ1n) is 6.85. The molecule has 0 aromatic carbocycles. The Bertz CT molecular complexity index is 381. The monoisotopic (exact) mass is 339 g/mol. The highest BCUT2D eigenvalue weighted by atomic mass is 32.2. The molecule has 0 aliphatic rings. The van der Waals surface area contributed by atoms with E-state index >= 15 is 0 Å². The summed E-state index contributed by atoms with van der Waals surface area (Å²) in [5.74, 6) is -0.0387. The van der Waals surface area contributed by atoms with Crippen molar-refractivity contribution in [2.75, 3.05) is 12.4 Å². The zero-order chi connectivity index (χ0) is 16.6. The number of ether oxygens (including phenoxy) is 1. The molecule has 0 aromatic rings. The quantitative estimate of drug-likeness (QED) is 0.413. The van der Waals surface area contributed by atoms with Crippen molar-refractivity contribution in [2.24, 2.45) is 5.41 Å². The fourth-order valence-corrected chi connectivity index (χ4v) is 2.87. The molecule has 124 valence electrons. The molecule has 0 saturated carbocycles. The van der Waals surface area contributed by atoms with Gasteiger partial charge in [0.2, 0.25) is 0 Å². The van der Waals surface area contributed by atoms with E-state index in [1.165, 1.54) is 0 Å². The van der Waals surface area contributed by atoms with E-state index in [-0.39, 0.29) is 17.8 Å². The van der Waals surface area contributed by atoms with Gasteiger partial charge in [-0.05, 0) is 20.8 Å². The van der Waals surface area contributed by atoms with Gasteiger partial charge in [0.05, 0.1) is 12.7 Å². The number of carbonyl (C=O) groups is 2. The van der Waals surface area contributed by atoms with E-state index in [1.807, 2.05) is 20.8 Å². The van der Waals surface area contributed by atoms with Gasteiger partial charge in [-0.25, -0.2) is 5.09 Å². The lowest BCUT2D eigenvalue weighted by Crippen LogP contribution is -2.32. The van der Waals surface area contributed by atoms with E-state index in [1.54, 1.807) is 20.8 Å². The van der Waals surface area contributed by atoms with Crippen molar-refractivity contribution < 1.29 is 23.4 Å². The Morgan fingerprint density at radius 1 is 1.24 bits per heavy atom. The summed E-state index contributed by atoms with van der Waals surface area (Å²) < 4.78 is 21.7. The maximum absolute atomic E-state index is 11.6. The molecule has 0 amide bonds. The predicted octanol–water partition coefficient (Wildman–Crippen LogP) is 2.63. The molecule has 1 unspecified atom stereocenters. The summed E-state index contributed by atoms with van der Waals surface area (Å²) in [6.45, 7) is 10.8. The second kappa shape index (κ2) is 9.62. The lowest BCUT2D eigenvalue weighted by atomic mass is 10.00. The molecule has 21 heavy (non-hydrogen) atoms. The van der Waals surface area contributed by atoms with Gasteiger partial charge in [0.25, 0.3) is 8.18 Å². The van der Waals surface area contributed by atoms with Crippen LogP contribution in [0.25, 0.3) is 0 Å². The van der Waals surface area contributed by atoms with Crippen LogP contribution in [0.1, 0.15) is 41.5 Å². The smallest absolute Gasteiger partial charge is 0.323 e. The van der Waals surface area contributed by atoms with Crippen LogP contribution < -0.4 is 5.09 Å². The molecule has 0 spiro atoms. The van der Waals surface area contributed by atoms with Crippen LogP contribution in [-0.2, 0) is 23.4 Å². The highest BCUT2D eigenvalue weighted by Gasteiger charge is 2.21. The molecule has 0 bridgehead atoms. The van der Waals surface area contributed by atoms with Crippen molar-refractivity contribution in [3.05, 3.63) is 0 Å². The van der Waals surface area contributed by atoms with Gasteiger partial charge in [-0.3, -0.25) is 14.2 Å². The number of nitrogens with one attached hydrogen (secondary N) is 1. The molecule has 1 N–H and O–H groups in total. The number of thioether (sulfide) groups is 1. The van der Waals surface area contributed by atoms with Crippen LogP contribution in [0.5, 0.6) is 0 Å². The van der Waals surface area contributed by atoms with Crippen molar-refractivity contribution in [3.63, 3.8) is 0 Å². The summed E-state index contributed by atoms with van der Waals surface area (Å²) in [5.41, 5.74) is -0.400. The van der Waals surface area contributed by atoms with Gasteiger partial charge in [0, 0.05) is 11.2 Å². The fourth-order valence-electron chi connectivity index (χ4n) is 1.10. The lowest BCUT2D eigenvalue weighted by Gasteiger charge is -2.16. The van der Waals surface area contributed by atoms with Gasteiger partial charge >= 0.3 is 5.97 Å². The van der Waals surface area contributed by atoms with Crippen LogP contribution in [-0.4, -0.2) is 35.6 Å². The Morgan fingerprint density at radius 2 is 1.81 bits per heavy atom. The van der Waals surface area contributed by atoms with Gasteiger partial charge in [0.15, 0.2) is 5.12 Å². The molecule has 0 aliphatic carbocycles. The van der Waals surface area contributed by atoms with Gasteiger partial charge in [-0.15, -0.1) is 0 Å². The molecular formula is C13H26NO5PS. The zero-order valence-electron chi connectivity index (χ0n) is 13.5. The Kier molecular flexibility index (Phi) is 9.45. The van der Waals surface area contributed by atoms with Crippen LogP contribution in [0.15, 0.2) is 0 Å². The van der Waals surface area contributed by atoms with Crippen LogP contribution in [0, 0.1) is 5.41 Å². The third-order valence-electron chi connectivity index (χ3n) is 2.20.